The molecule has 5 aromatic carbocycles. The molecule has 0 N–H and O–H groups in total. The lowest BCUT2D eigenvalue weighted by Crippen LogP contribution is -2.59. The topological polar surface area (TPSA) is 3.24 Å². The Bertz CT molecular complexity index is 1470. The first-order valence-electron chi connectivity index (χ1n) is 10.4. The zero-order valence-corrected chi connectivity index (χ0v) is 17.3. The molecule has 0 fully saturated rings. The smallest absolute Gasteiger partial charge is 0.248 e. The molecule has 0 amide bonds. The van der Waals surface area contributed by atoms with Crippen LogP contribution in [0.4, 0.5) is 11.4 Å². The number of para-hydroxylation sites is 1. The maximum absolute atomic E-state index is 2.66. The maximum atomic E-state index is 2.66. The Morgan fingerprint density at radius 2 is 0.967 bits per heavy atom. The van der Waals surface area contributed by atoms with Gasteiger partial charge < -0.3 is 4.57 Å². The third-order valence-corrected chi connectivity index (χ3v) is 9.24. The van der Waals surface area contributed by atoms with Gasteiger partial charge in [0, 0.05) is 22.5 Å². The van der Waals surface area contributed by atoms with Crippen LogP contribution < -0.4 is 14.9 Å². The fourth-order valence-corrected chi connectivity index (χ4v) is 8.22. The van der Waals surface area contributed by atoms with Crippen LogP contribution in [0.15, 0.2) is 109 Å². The molecule has 0 saturated heterocycles. The van der Waals surface area contributed by atoms with Crippen LogP contribution in [-0.4, -0.2) is 8.96 Å². The Hall–Kier alpha value is -3.62. The Morgan fingerprint density at radius 1 is 0.433 bits per heavy atom. The lowest BCUT2D eigenvalue weighted by molar-refractivity contribution is 1.36. The number of fused-ring (bicyclic) bond motifs is 12. The first-order valence-corrected chi connectivity index (χ1v) is 11.8. The van der Waals surface area contributed by atoms with E-state index in [4.69, 9.17) is 0 Å². The van der Waals surface area contributed by atoms with Crippen molar-refractivity contribution in [2.45, 2.75) is 0 Å². The molecular formula is C28H18NSi. The summed E-state index contributed by atoms with van der Waals surface area (Å²) < 4.78 is 2.66. The van der Waals surface area contributed by atoms with Gasteiger partial charge in [-0.1, -0.05) is 91.0 Å². The quantitative estimate of drug-likeness (QED) is 0.302. The largest absolute Gasteiger partial charge is 0.359 e. The zero-order valence-electron chi connectivity index (χ0n) is 16.3. The van der Waals surface area contributed by atoms with Crippen molar-refractivity contribution in [3.63, 3.8) is 0 Å². The van der Waals surface area contributed by atoms with E-state index in [1.807, 2.05) is 0 Å². The summed E-state index contributed by atoms with van der Waals surface area (Å²) in [4.78, 5) is 0. The molecule has 2 aliphatic heterocycles. The van der Waals surface area contributed by atoms with E-state index < -0.39 is 8.96 Å². The average Bonchev–Trinajstić information content (AvgIpc) is 2.82. The van der Waals surface area contributed by atoms with Crippen molar-refractivity contribution in [3.05, 3.63) is 109 Å². The summed E-state index contributed by atoms with van der Waals surface area (Å²) >= 11 is 0. The molecule has 7 rings (SSSR count). The van der Waals surface area contributed by atoms with Gasteiger partial charge in [-0.25, -0.2) is 0 Å². The lowest BCUT2D eigenvalue weighted by Gasteiger charge is -2.43. The molecular weight excluding hydrogens is 378 g/mol. The zero-order chi connectivity index (χ0) is 19.7. The number of rotatable bonds is 0. The van der Waals surface area contributed by atoms with Crippen molar-refractivity contribution >= 4 is 41.5 Å². The van der Waals surface area contributed by atoms with Crippen LogP contribution in [0.3, 0.4) is 0 Å². The Balaban J connectivity index is 1.65. The fourth-order valence-electron chi connectivity index (χ4n) is 5.13. The van der Waals surface area contributed by atoms with E-state index in [1.165, 1.54) is 54.8 Å². The standard InChI is InChI=1S/C28H18NSi/c1-2-10-20-18-26-24(17-19(20)9-1)23-13-5-8-16-28(23)30-27-15-7-4-12-22(27)21-11-3-6-14-25(21)29(26)30/h1-18H. The van der Waals surface area contributed by atoms with E-state index >= 15 is 0 Å². The van der Waals surface area contributed by atoms with Gasteiger partial charge >= 0.3 is 0 Å². The van der Waals surface area contributed by atoms with Crippen LogP contribution in [0.5, 0.6) is 0 Å². The predicted octanol–water partition coefficient (Wildman–Crippen LogP) is 5.74. The highest BCUT2D eigenvalue weighted by Gasteiger charge is 2.40. The molecule has 2 heteroatoms. The van der Waals surface area contributed by atoms with Crippen molar-refractivity contribution in [3.8, 4) is 22.3 Å². The number of nitrogens with zero attached hydrogens (tertiary/aromatic N) is 1. The first-order chi connectivity index (χ1) is 14.9. The molecule has 0 aliphatic carbocycles. The second-order valence-corrected chi connectivity index (χ2v) is 10.2. The SMILES string of the molecule is c1ccc2c(c1)-c1ccccc1[Si]1c3ccccc3-c3cc4ccccc4cc3N21. The van der Waals surface area contributed by atoms with E-state index in [1.54, 1.807) is 0 Å². The van der Waals surface area contributed by atoms with Gasteiger partial charge in [-0.15, -0.1) is 0 Å². The lowest BCUT2D eigenvalue weighted by atomic mass is 9.97. The molecule has 139 valence electrons. The molecule has 2 heterocycles. The molecule has 1 nitrogen and oxygen atoms in total. The summed E-state index contributed by atoms with van der Waals surface area (Å²) in [5.74, 6) is 0. The molecule has 2 aliphatic rings. The van der Waals surface area contributed by atoms with Gasteiger partial charge in [0.25, 0.3) is 0 Å². The maximum Gasteiger partial charge on any atom is 0.248 e. The summed E-state index contributed by atoms with van der Waals surface area (Å²) in [5.41, 5.74) is 8.11. The van der Waals surface area contributed by atoms with E-state index in [2.05, 4.69) is 114 Å². The van der Waals surface area contributed by atoms with Crippen LogP contribution in [-0.2, 0) is 0 Å². The van der Waals surface area contributed by atoms with Crippen LogP contribution in [0.1, 0.15) is 0 Å². The molecule has 0 unspecified atom stereocenters. The highest BCUT2D eigenvalue weighted by molar-refractivity contribution is 6.92. The van der Waals surface area contributed by atoms with Crippen molar-refractivity contribution < 1.29 is 0 Å². The molecule has 0 bridgehead atoms. The highest BCUT2D eigenvalue weighted by atomic mass is 28.3. The van der Waals surface area contributed by atoms with Crippen molar-refractivity contribution in [2.24, 2.45) is 0 Å². The van der Waals surface area contributed by atoms with E-state index in [-0.39, 0.29) is 0 Å². The van der Waals surface area contributed by atoms with E-state index in [9.17, 15) is 0 Å². The fraction of sp³-hybridized carbons (Fsp3) is 0. The van der Waals surface area contributed by atoms with Crippen LogP contribution in [0, 0.1) is 0 Å². The van der Waals surface area contributed by atoms with Gasteiger partial charge in [-0.3, -0.25) is 0 Å². The van der Waals surface area contributed by atoms with Gasteiger partial charge in [0.15, 0.2) is 0 Å². The number of hydrogen-bond donors (Lipinski definition) is 0. The molecule has 5 aromatic rings. The first kappa shape index (κ1) is 16.2. The molecule has 0 aromatic heterocycles. The summed E-state index contributed by atoms with van der Waals surface area (Å²) in [5, 5.41) is 5.56. The normalized spacial score (nSPS) is 13.8. The summed E-state index contributed by atoms with van der Waals surface area (Å²) in [7, 11) is -1.16. The summed E-state index contributed by atoms with van der Waals surface area (Å²) in [6, 6.07) is 40.4. The molecule has 30 heavy (non-hydrogen) atoms. The monoisotopic (exact) mass is 396 g/mol. The summed E-state index contributed by atoms with van der Waals surface area (Å²) in [6.07, 6.45) is 0. The Kier molecular flexibility index (Phi) is 3.21. The Morgan fingerprint density at radius 3 is 1.70 bits per heavy atom. The minimum absolute atomic E-state index is 1.16. The van der Waals surface area contributed by atoms with Gasteiger partial charge in [-0.2, -0.15) is 0 Å². The Labute approximate surface area is 177 Å². The van der Waals surface area contributed by atoms with Crippen LogP contribution in [0.25, 0.3) is 33.0 Å². The number of benzene rings is 5. The highest BCUT2D eigenvalue weighted by Crippen LogP contribution is 2.46. The number of anilines is 2. The van der Waals surface area contributed by atoms with Crippen LogP contribution in [0.2, 0.25) is 0 Å². The second kappa shape index (κ2) is 5.94. The summed E-state index contributed by atoms with van der Waals surface area (Å²) in [6.45, 7) is 0. The minimum atomic E-state index is -1.16. The molecule has 0 spiro atoms. The van der Waals surface area contributed by atoms with Crippen molar-refractivity contribution in [2.75, 3.05) is 4.57 Å². The number of hydrogen-bond acceptors (Lipinski definition) is 1. The van der Waals surface area contributed by atoms with Gasteiger partial charge in [0.1, 0.15) is 0 Å². The van der Waals surface area contributed by atoms with E-state index in [0.717, 1.165) is 0 Å². The van der Waals surface area contributed by atoms with Crippen molar-refractivity contribution in [1.29, 1.82) is 0 Å². The van der Waals surface area contributed by atoms with Gasteiger partial charge in [0.2, 0.25) is 8.96 Å². The van der Waals surface area contributed by atoms with Crippen LogP contribution >= 0.6 is 0 Å². The minimum Gasteiger partial charge on any atom is -0.359 e. The molecule has 0 atom stereocenters. The third kappa shape index (κ3) is 2.06. The molecule has 1 radical (unpaired) electrons. The van der Waals surface area contributed by atoms with Gasteiger partial charge in [0.05, 0.1) is 0 Å². The average molecular weight is 397 g/mol. The second-order valence-electron chi connectivity index (χ2n) is 8.01. The van der Waals surface area contributed by atoms with Crippen molar-refractivity contribution in [1.82, 2.24) is 0 Å². The van der Waals surface area contributed by atoms with Gasteiger partial charge in [-0.05, 0) is 50.5 Å². The predicted molar refractivity (Wildman–Crippen MR) is 128 cm³/mol. The van der Waals surface area contributed by atoms with E-state index in [0.29, 0.717) is 0 Å². The molecule has 0 saturated carbocycles. The third-order valence-electron chi connectivity index (χ3n) is 6.42.